The molecule has 1 heterocycles. The van der Waals surface area contributed by atoms with Gasteiger partial charge in [0.1, 0.15) is 0 Å². The van der Waals surface area contributed by atoms with Gasteiger partial charge in [0.25, 0.3) is 0 Å². The summed E-state index contributed by atoms with van der Waals surface area (Å²) in [5.74, 6) is 1.23. The second-order valence-electron chi connectivity index (χ2n) is 4.85. The summed E-state index contributed by atoms with van der Waals surface area (Å²) < 4.78 is 0. The number of carbonyl (C=O) groups is 1. The summed E-state index contributed by atoms with van der Waals surface area (Å²) in [5, 5.41) is 8.73. The molecule has 1 saturated heterocycles. The molecular formula is C10H13N3O. The van der Waals surface area contributed by atoms with E-state index >= 15 is 0 Å². The molecule has 0 aromatic heterocycles. The lowest BCUT2D eigenvalue weighted by Crippen LogP contribution is -2.45. The number of carbonyl (C=O) groups excluding carboxylic acids is 1. The van der Waals surface area contributed by atoms with Gasteiger partial charge in [0.2, 0.25) is 5.91 Å². The number of nitriles is 1. The third-order valence-electron chi connectivity index (χ3n) is 3.84. The number of nitrogens with two attached hydrogens (primary N) is 1. The number of piperidine rings is 1. The van der Waals surface area contributed by atoms with Crippen molar-refractivity contribution in [3.63, 3.8) is 0 Å². The monoisotopic (exact) mass is 191 g/mol. The maximum Gasteiger partial charge on any atom is 0.242 e. The molecule has 3 atom stereocenters. The van der Waals surface area contributed by atoms with Crippen LogP contribution in [0.3, 0.4) is 0 Å². The summed E-state index contributed by atoms with van der Waals surface area (Å²) in [6.45, 7) is 1.53. The van der Waals surface area contributed by atoms with Gasteiger partial charge >= 0.3 is 0 Å². The molecule has 3 fully saturated rings. The summed E-state index contributed by atoms with van der Waals surface area (Å²) >= 11 is 0. The van der Waals surface area contributed by atoms with Crippen LogP contribution in [0.15, 0.2) is 0 Å². The van der Waals surface area contributed by atoms with Crippen molar-refractivity contribution in [2.75, 3.05) is 13.1 Å². The molecule has 4 heteroatoms. The fourth-order valence-electron chi connectivity index (χ4n) is 2.55. The van der Waals surface area contributed by atoms with Crippen molar-refractivity contribution in [2.45, 2.75) is 18.4 Å². The van der Waals surface area contributed by atoms with E-state index in [0.29, 0.717) is 11.8 Å². The van der Waals surface area contributed by atoms with Crippen LogP contribution in [0.2, 0.25) is 0 Å². The highest BCUT2D eigenvalue weighted by atomic mass is 16.2. The van der Waals surface area contributed by atoms with E-state index in [1.165, 1.54) is 0 Å². The minimum atomic E-state index is -0.529. The number of rotatable bonds is 1. The van der Waals surface area contributed by atoms with Crippen LogP contribution in [0.25, 0.3) is 0 Å². The van der Waals surface area contributed by atoms with Crippen LogP contribution in [0, 0.1) is 29.1 Å². The first-order chi connectivity index (χ1) is 6.65. The normalized spacial score (nSPS) is 41.4. The number of amides is 1. The fraction of sp³-hybridized carbons (Fsp3) is 0.800. The van der Waals surface area contributed by atoms with Gasteiger partial charge in [0.15, 0.2) is 0 Å². The predicted octanol–water partition coefficient (Wildman–Crippen LogP) is -0.294. The fourth-order valence-corrected chi connectivity index (χ4v) is 2.55. The lowest BCUT2D eigenvalue weighted by Gasteiger charge is -2.22. The molecule has 2 N–H and O–H groups in total. The molecule has 0 bridgehead atoms. The van der Waals surface area contributed by atoms with Crippen molar-refractivity contribution in [1.82, 2.24) is 4.90 Å². The van der Waals surface area contributed by atoms with E-state index in [0.717, 1.165) is 25.9 Å². The maximum absolute atomic E-state index is 11.8. The minimum absolute atomic E-state index is 0.112. The molecular weight excluding hydrogens is 178 g/mol. The number of fused-ring (bicyclic) bond motifs is 1. The summed E-state index contributed by atoms with van der Waals surface area (Å²) in [6.07, 6.45) is 1.67. The second kappa shape index (κ2) is 2.29. The Bertz CT molecular complexity index is 330. The Balaban J connectivity index is 1.64. The molecule has 3 rings (SSSR count). The quantitative estimate of drug-likeness (QED) is 0.619. The maximum atomic E-state index is 11.8. The Labute approximate surface area is 82.7 Å². The van der Waals surface area contributed by atoms with Gasteiger partial charge in [0.05, 0.1) is 17.5 Å². The van der Waals surface area contributed by atoms with Gasteiger partial charge in [-0.2, -0.15) is 5.26 Å². The van der Waals surface area contributed by atoms with Crippen LogP contribution in [-0.4, -0.2) is 29.4 Å². The zero-order chi connectivity index (χ0) is 9.92. The zero-order valence-electron chi connectivity index (χ0n) is 7.94. The first kappa shape index (κ1) is 8.25. The summed E-state index contributed by atoms with van der Waals surface area (Å²) in [5.41, 5.74) is 5.31. The molecule has 2 aliphatic carbocycles. The number of hydrogen-bond acceptors (Lipinski definition) is 3. The Morgan fingerprint density at radius 2 is 2.00 bits per heavy atom. The highest BCUT2D eigenvalue weighted by Crippen LogP contribution is 2.52. The van der Waals surface area contributed by atoms with Gasteiger partial charge in [-0.05, 0) is 24.7 Å². The molecule has 0 aromatic carbocycles. The van der Waals surface area contributed by atoms with Crippen LogP contribution in [0.4, 0.5) is 0 Å². The van der Waals surface area contributed by atoms with Crippen molar-refractivity contribution >= 4 is 5.91 Å². The highest BCUT2D eigenvalue weighted by molar-refractivity contribution is 5.89. The van der Waals surface area contributed by atoms with Gasteiger partial charge in [0, 0.05) is 13.1 Å². The van der Waals surface area contributed by atoms with Crippen molar-refractivity contribution in [2.24, 2.45) is 23.5 Å². The summed E-state index contributed by atoms with van der Waals surface area (Å²) in [7, 11) is 0. The van der Waals surface area contributed by atoms with Gasteiger partial charge in [-0.25, -0.2) is 0 Å². The molecule has 1 aliphatic heterocycles. The van der Waals surface area contributed by atoms with Crippen molar-refractivity contribution < 1.29 is 4.79 Å². The largest absolute Gasteiger partial charge is 0.340 e. The average Bonchev–Trinajstić information content (AvgIpc) is 3.04. The number of likely N-dealkylation sites (tertiary alicyclic amines) is 1. The van der Waals surface area contributed by atoms with Crippen LogP contribution < -0.4 is 5.73 Å². The molecule has 0 aromatic rings. The Hall–Kier alpha value is -1.08. The van der Waals surface area contributed by atoms with E-state index in [9.17, 15) is 4.79 Å². The van der Waals surface area contributed by atoms with E-state index in [1.54, 1.807) is 0 Å². The van der Waals surface area contributed by atoms with E-state index in [-0.39, 0.29) is 11.8 Å². The van der Waals surface area contributed by atoms with E-state index in [1.807, 2.05) is 4.90 Å². The van der Waals surface area contributed by atoms with Gasteiger partial charge in [-0.1, -0.05) is 0 Å². The van der Waals surface area contributed by atoms with Crippen LogP contribution in [0.1, 0.15) is 12.8 Å². The van der Waals surface area contributed by atoms with E-state index in [4.69, 9.17) is 11.0 Å². The average molecular weight is 191 g/mol. The van der Waals surface area contributed by atoms with Gasteiger partial charge in [-0.15, -0.1) is 0 Å². The van der Waals surface area contributed by atoms with Crippen molar-refractivity contribution in [1.29, 1.82) is 5.26 Å². The van der Waals surface area contributed by atoms with E-state index in [2.05, 4.69) is 6.07 Å². The molecule has 3 aliphatic rings. The Morgan fingerprint density at radius 1 is 1.43 bits per heavy atom. The first-order valence-corrected chi connectivity index (χ1v) is 5.13. The van der Waals surface area contributed by atoms with Crippen LogP contribution in [-0.2, 0) is 4.79 Å². The lowest BCUT2D eigenvalue weighted by molar-refractivity contribution is -0.133. The van der Waals surface area contributed by atoms with Gasteiger partial charge < -0.3 is 10.6 Å². The first-order valence-electron chi connectivity index (χ1n) is 5.13. The van der Waals surface area contributed by atoms with Crippen molar-refractivity contribution in [3.8, 4) is 6.07 Å². The van der Waals surface area contributed by atoms with Crippen LogP contribution in [0.5, 0.6) is 0 Å². The Morgan fingerprint density at radius 3 is 2.43 bits per heavy atom. The molecule has 4 nitrogen and oxygen atoms in total. The molecule has 0 radical (unpaired) electrons. The third kappa shape index (κ3) is 0.934. The number of hydrogen-bond donors (Lipinski definition) is 1. The summed E-state index contributed by atoms with van der Waals surface area (Å²) in [6, 6.07) is 2.29. The molecule has 74 valence electrons. The predicted molar refractivity (Wildman–Crippen MR) is 48.8 cm³/mol. The molecule has 2 saturated carbocycles. The van der Waals surface area contributed by atoms with Crippen LogP contribution >= 0.6 is 0 Å². The molecule has 1 amide bonds. The standard InChI is InChI=1S/C10H13N3O/c11-3-6-7-4-13(5-8(6)7)9(14)10(12)1-2-10/h6-8H,1-2,4-5,12H2/t6?,7-,8+. The van der Waals surface area contributed by atoms with Crippen molar-refractivity contribution in [3.05, 3.63) is 0 Å². The highest BCUT2D eigenvalue weighted by Gasteiger charge is 2.59. The lowest BCUT2D eigenvalue weighted by atomic mass is 10.2. The smallest absolute Gasteiger partial charge is 0.242 e. The minimum Gasteiger partial charge on any atom is -0.340 e. The molecule has 0 spiro atoms. The number of nitrogens with zero attached hydrogens (tertiary/aromatic N) is 2. The SMILES string of the molecule is N#CC1[C@H]2CN(C(=O)C3(N)CC3)C[C@@H]12. The second-order valence-corrected chi connectivity index (χ2v) is 4.85. The van der Waals surface area contributed by atoms with Gasteiger partial charge in [-0.3, -0.25) is 4.79 Å². The zero-order valence-corrected chi connectivity index (χ0v) is 7.94. The Kier molecular flexibility index (Phi) is 1.35. The molecule has 14 heavy (non-hydrogen) atoms. The summed E-state index contributed by atoms with van der Waals surface area (Å²) in [4.78, 5) is 13.7. The topological polar surface area (TPSA) is 70.1 Å². The third-order valence-corrected chi connectivity index (χ3v) is 3.84. The molecule has 1 unspecified atom stereocenters. The van der Waals surface area contributed by atoms with E-state index < -0.39 is 5.54 Å².